The topological polar surface area (TPSA) is 75.7 Å². The van der Waals surface area contributed by atoms with Crippen molar-refractivity contribution in [2.75, 3.05) is 26.8 Å². The van der Waals surface area contributed by atoms with Gasteiger partial charge in [-0.05, 0) is 42.0 Å². The molecule has 146 valence electrons. The van der Waals surface area contributed by atoms with Crippen molar-refractivity contribution in [1.29, 1.82) is 0 Å². The molecule has 0 saturated heterocycles. The minimum atomic E-state index is -3.96. The molecule has 2 aromatic carbocycles. The smallest absolute Gasteiger partial charge is 0.243 e. The lowest BCUT2D eigenvalue weighted by atomic mass is 10.2. The summed E-state index contributed by atoms with van der Waals surface area (Å²) >= 11 is 5.82. The number of ether oxygens (including phenoxy) is 1. The highest BCUT2D eigenvalue weighted by molar-refractivity contribution is 7.89. The van der Waals surface area contributed by atoms with E-state index in [4.69, 9.17) is 16.3 Å². The van der Waals surface area contributed by atoms with Crippen molar-refractivity contribution >= 4 is 27.5 Å². The summed E-state index contributed by atoms with van der Waals surface area (Å²) < 4.78 is 45.0. The fourth-order valence-corrected chi connectivity index (χ4v) is 3.79. The number of carbonyl (C=O) groups is 1. The highest BCUT2D eigenvalue weighted by Gasteiger charge is 2.27. The summed E-state index contributed by atoms with van der Waals surface area (Å²) in [6.45, 7) is 0.114. The lowest BCUT2D eigenvalue weighted by Gasteiger charge is -2.22. The first-order valence-electron chi connectivity index (χ1n) is 8.08. The van der Waals surface area contributed by atoms with Crippen LogP contribution in [0.5, 0.6) is 0 Å². The number of hydrogen-bond acceptors (Lipinski definition) is 4. The van der Waals surface area contributed by atoms with Crippen LogP contribution in [0.3, 0.4) is 0 Å². The standard InChI is InChI=1S/C18H20ClFN2O4S/c1-26-11-10-21-18(23)13-22(12-14-2-6-16(20)7-3-14)27(24,25)17-8-4-15(19)5-9-17/h2-9H,10-13H2,1H3,(H,21,23). The van der Waals surface area contributed by atoms with Crippen LogP contribution in [0.2, 0.25) is 5.02 Å². The van der Waals surface area contributed by atoms with Crippen LogP contribution in [0.4, 0.5) is 4.39 Å². The number of rotatable bonds is 9. The minimum absolute atomic E-state index is 0.0127. The summed E-state index contributed by atoms with van der Waals surface area (Å²) in [5, 5.41) is 2.99. The van der Waals surface area contributed by atoms with E-state index in [9.17, 15) is 17.6 Å². The Morgan fingerprint density at radius 2 is 1.78 bits per heavy atom. The van der Waals surface area contributed by atoms with Crippen molar-refractivity contribution in [3.63, 3.8) is 0 Å². The molecule has 0 heterocycles. The molecule has 0 aliphatic heterocycles. The third-order valence-electron chi connectivity index (χ3n) is 3.67. The van der Waals surface area contributed by atoms with Crippen molar-refractivity contribution < 1.29 is 22.3 Å². The van der Waals surface area contributed by atoms with Crippen molar-refractivity contribution in [2.45, 2.75) is 11.4 Å². The number of benzene rings is 2. The molecule has 2 rings (SSSR count). The molecular formula is C18H20ClFN2O4S. The van der Waals surface area contributed by atoms with Gasteiger partial charge in [-0.1, -0.05) is 23.7 Å². The molecule has 0 saturated carbocycles. The Hall–Kier alpha value is -2.00. The summed E-state index contributed by atoms with van der Waals surface area (Å²) in [7, 11) is -2.46. The summed E-state index contributed by atoms with van der Waals surface area (Å²) in [6.07, 6.45) is 0. The van der Waals surface area contributed by atoms with E-state index in [-0.39, 0.29) is 24.5 Å². The first kappa shape index (κ1) is 21.3. The number of amides is 1. The van der Waals surface area contributed by atoms with Gasteiger partial charge in [0.05, 0.1) is 18.0 Å². The lowest BCUT2D eigenvalue weighted by Crippen LogP contribution is -2.41. The Bertz CT molecular complexity index is 858. The lowest BCUT2D eigenvalue weighted by molar-refractivity contribution is -0.121. The summed E-state index contributed by atoms with van der Waals surface area (Å²) in [4.78, 5) is 12.2. The van der Waals surface area contributed by atoms with Crippen LogP contribution in [0.25, 0.3) is 0 Å². The first-order chi connectivity index (χ1) is 12.8. The van der Waals surface area contributed by atoms with Gasteiger partial charge in [-0.25, -0.2) is 12.8 Å². The van der Waals surface area contributed by atoms with Gasteiger partial charge in [-0.15, -0.1) is 0 Å². The van der Waals surface area contributed by atoms with Crippen LogP contribution in [-0.2, 0) is 26.1 Å². The van der Waals surface area contributed by atoms with E-state index in [0.29, 0.717) is 17.2 Å². The van der Waals surface area contributed by atoms with Crippen molar-refractivity contribution in [2.24, 2.45) is 0 Å². The highest BCUT2D eigenvalue weighted by atomic mass is 35.5. The van der Waals surface area contributed by atoms with E-state index in [0.717, 1.165) is 4.31 Å². The Morgan fingerprint density at radius 3 is 2.37 bits per heavy atom. The van der Waals surface area contributed by atoms with Gasteiger partial charge < -0.3 is 10.1 Å². The zero-order valence-electron chi connectivity index (χ0n) is 14.7. The number of methoxy groups -OCH3 is 1. The predicted octanol–water partition coefficient (Wildman–Crippen LogP) is 2.43. The zero-order chi connectivity index (χ0) is 19.9. The maximum atomic E-state index is 13.1. The van der Waals surface area contributed by atoms with Gasteiger partial charge in [-0.2, -0.15) is 4.31 Å². The summed E-state index contributed by atoms with van der Waals surface area (Å²) in [6, 6.07) is 11.1. The molecule has 6 nitrogen and oxygen atoms in total. The molecule has 0 radical (unpaired) electrons. The van der Waals surface area contributed by atoms with Gasteiger partial charge in [0.25, 0.3) is 0 Å². The van der Waals surface area contributed by atoms with E-state index in [1.165, 1.54) is 55.6 Å². The Kier molecular flexibility index (Phi) is 7.73. The first-order valence-corrected chi connectivity index (χ1v) is 9.90. The van der Waals surface area contributed by atoms with E-state index < -0.39 is 21.7 Å². The van der Waals surface area contributed by atoms with Gasteiger partial charge in [0.1, 0.15) is 5.82 Å². The molecule has 0 aromatic heterocycles. The van der Waals surface area contributed by atoms with Crippen LogP contribution in [0.15, 0.2) is 53.4 Å². The molecule has 27 heavy (non-hydrogen) atoms. The molecule has 2 aromatic rings. The molecule has 9 heteroatoms. The van der Waals surface area contributed by atoms with Crippen LogP contribution in [-0.4, -0.2) is 45.4 Å². The monoisotopic (exact) mass is 414 g/mol. The third-order valence-corrected chi connectivity index (χ3v) is 5.73. The van der Waals surface area contributed by atoms with Crippen LogP contribution in [0.1, 0.15) is 5.56 Å². The molecular weight excluding hydrogens is 395 g/mol. The molecule has 0 spiro atoms. The maximum absolute atomic E-state index is 13.1. The average Bonchev–Trinajstić information content (AvgIpc) is 2.63. The van der Waals surface area contributed by atoms with Crippen molar-refractivity contribution in [3.8, 4) is 0 Å². The number of nitrogens with zero attached hydrogens (tertiary/aromatic N) is 1. The largest absolute Gasteiger partial charge is 0.383 e. The number of sulfonamides is 1. The van der Waals surface area contributed by atoms with Crippen LogP contribution >= 0.6 is 11.6 Å². The molecule has 1 amide bonds. The predicted molar refractivity (Wildman–Crippen MR) is 100 cm³/mol. The van der Waals surface area contributed by atoms with Gasteiger partial charge >= 0.3 is 0 Å². The van der Waals surface area contributed by atoms with Gasteiger partial charge in [-0.3, -0.25) is 4.79 Å². The minimum Gasteiger partial charge on any atom is -0.383 e. The quantitative estimate of drug-likeness (QED) is 0.639. The van der Waals surface area contributed by atoms with Gasteiger partial charge in [0.2, 0.25) is 15.9 Å². The molecule has 0 aliphatic rings. The molecule has 0 bridgehead atoms. The van der Waals surface area contributed by atoms with Crippen molar-refractivity contribution in [1.82, 2.24) is 9.62 Å². The second kappa shape index (κ2) is 9.80. The Balaban J connectivity index is 2.25. The molecule has 1 N–H and O–H groups in total. The normalized spacial score (nSPS) is 11.6. The van der Waals surface area contributed by atoms with Crippen LogP contribution in [0, 0.1) is 5.82 Å². The van der Waals surface area contributed by atoms with Gasteiger partial charge in [0.15, 0.2) is 0 Å². The van der Waals surface area contributed by atoms with Gasteiger partial charge in [0, 0.05) is 25.2 Å². The SMILES string of the molecule is COCCNC(=O)CN(Cc1ccc(F)cc1)S(=O)(=O)c1ccc(Cl)cc1. The number of carbonyl (C=O) groups excluding carboxylic acids is 1. The van der Waals surface area contributed by atoms with E-state index in [2.05, 4.69) is 5.32 Å². The summed E-state index contributed by atoms with van der Waals surface area (Å²) in [5.74, 6) is -0.894. The fraction of sp³-hybridized carbons (Fsp3) is 0.278. The molecule has 0 atom stereocenters. The van der Waals surface area contributed by atoms with E-state index in [1.807, 2.05) is 0 Å². The second-order valence-electron chi connectivity index (χ2n) is 5.70. The Labute approximate surface area is 162 Å². The van der Waals surface area contributed by atoms with E-state index in [1.54, 1.807) is 0 Å². The van der Waals surface area contributed by atoms with Crippen molar-refractivity contribution in [3.05, 3.63) is 64.9 Å². The van der Waals surface area contributed by atoms with E-state index >= 15 is 0 Å². The third kappa shape index (κ3) is 6.28. The molecule has 0 aliphatic carbocycles. The average molecular weight is 415 g/mol. The molecule has 0 fully saturated rings. The Morgan fingerprint density at radius 1 is 1.15 bits per heavy atom. The number of halogens is 2. The second-order valence-corrected chi connectivity index (χ2v) is 8.07. The highest BCUT2D eigenvalue weighted by Crippen LogP contribution is 2.20. The molecule has 0 unspecified atom stereocenters. The number of hydrogen-bond donors (Lipinski definition) is 1. The summed E-state index contributed by atoms with van der Waals surface area (Å²) in [5.41, 5.74) is 0.554. The fourth-order valence-electron chi connectivity index (χ4n) is 2.28. The zero-order valence-corrected chi connectivity index (χ0v) is 16.3. The van der Waals surface area contributed by atoms with Crippen LogP contribution < -0.4 is 5.32 Å². The number of nitrogens with one attached hydrogen (secondary N) is 1. The maximum Gasteiger partial charge on any atom is 0.243 e.